The smallest absolute Gasteiger partial charge is 0.229 e. The molecule has 0 aromatic carbocycles. The molecule has 4 rings (SSSR count). The van der Waals surface area contributed by atoms with Gasteiger partial charge in [0.05, 0.1) is 0 Å². The summed E-state index contributed by atoms with van der Waals surface area (Å²) in [6, 6.07) is 0. The monoisotopic (exact) mass is 654 g/mol. The molecule has 0 fully saturated rings. The summed E-state index contributed by atoms with van der Waals surface area (Å²) >= 11 is 4.21. The van der Waals surface area contributed by atoms with Gasteiger partial charge in [-0.1, -0.05) is 0 Å². The average Bonchev–Trinajstić information content (AvgIpc) is 3.02. The Hall–Kier alpha value is -5.61. The third-order valence-electron chi connectivity index (χ3n) is 5.43. The molecule has 23 heteroatoms. The molecule has 0 unspecified atom stereocenters. The third-order valence-corrected chi connectivity index (χ3v) is 5.65. The quantitative estimate of drug-likeness (QED) is 0.0412. The number of nitrogens with zero attached hydrogens (tertiary/aromatic N) is 12. The SMILES string of the molecule is CCNc1nc(NCCS)nc(NCCNc2ncnc(NCCNc3nc(N)nc(NCCNc4nc(C)nc(N)n4)n3)n2)n1. The molecular formula is C23H38N22S. The minimum atomic E-state index is 0.0728. The van der Waals surface area contributed by atoms with E-state index >= 15 is 0 Å². The van der Waals surface area contributed by atoms with Crippen LogP contribution in [-0.2, 0) is 0 Å². The van der Waals surface area contributed by atoms with E-state index in [1.165, 1.54) is 6.33 Å². The third kappa shape index (κ3) is 11.5. The van der Waals surface area contributed by atoms with E-state index in [9.17, 15) is 0 Å². The Labute approximate surface area is 269 Å². The summed E-state index contributed by atoms with van der Waals surface area (Å²) in [7, 11) is 0. The number of nitrogen functional groups attached to an aromatic ring is 2. The van der Waals surface area contributed by atoms with Gasteiger partial charge >= 0.3 is 0 Å². The van der Waals surface area contributed by atoms with Gasteiger partial charge in [0.25, 0.3) is 0 Å². The Morgan fingerprint density at radius 1 is 0.478 bits per heavy atom. The van der Waals surface area contributed by atoms with Crippen LogP contribution in [0.5, 0.6) is 0 Å². The highest BCUT2D eigenvalue weighted by Crippen LogP contribution is 2.10. The number of aromatic nitrogens is 12. The number of anilines is 10. The minimum Gasteiger partial charge on any atom is -0.368 e. The molecule has 0 amide bonds. The van der Waals surface area contributed by atoms with Gasteiger partial charge in [-0.15, -0.1) is 0 Å². The molecule has 0 atom stereocenters. The van der Waals surface area contributed by atoms with E-state index in [0.717, 1.165) is 0 Å². The van der Waals surface area contributed by atoms with E-state index in [-0.39, 0.29) is 11.9 Å². The van der Waals surface area contributed by atoms with Gasteiger partial charge in [-0.25, -0.2) is 9.97 Å². The second-order valence-electron chi connectivity index (χ2n) is 9.09. The summed E-state index contributed by atoms with van der Waals surface area (Å²) < 4.78 is 0. The van der Waals surface area contributed by atoms with E-state index in [1.807, 2.05) is 6.92 Å². The van der Waals surface area contributed by atoms with Gasteiger partial charge in [0.2, 0.25) is 59.5 Å². The topological polar surface area (TPSA) is 303 Å². The summed E-state index contributed by atoms with van der Waals surface area (Å²) in [5.74, 6) is 4.64. The lowest BCUT2D eigenvalue weighted by atomic mass is 10.6. The summed E-state index contributed by atoms with van der Waals surface area (Å²) in [6.07, 6.45) is 1.42. The van der Waals surface area contributed by atoms with Gasteiger partial charge in [-0.3, -0.25) is 0 Å². The van der Waals surface area contributed by atoms with Crippen molar-refractivity contribution >= 4 is 72.1 Å². The highest BCUT2D eigenvalue weighted by molar-refractivity contribution is 7.80. The number of rotatable bonds is 20. The number of hydrogen-bond acceptors (Lipinski definition) is 23. The molecule has 0 bridgehead atoms. The van der Waals surface area contributed by atoms with E-state index in [2.05, 4.69) is 115 Å². The van der Waals surface area contributed by atoms with Crippen molar-refractivity contribution in [3.63, 3.8) is 0 Å². The first-order valence-corrected chi connectivity index (χ1v) is 15.0. The summed E-state index contributed by atoms with van der Waals surface area (Å²) in [6.45, 7) is 7.91. The molecule has 12 N–H and O–H groups in total. The molecule has 0 aliphatic rings. The van der Waals surface area contributed by atoms with Crippen molar-refractivity contribution in [1.29, 1.82) is 0 Å². The zero-order valence-corrected chi connectivity index (χ0v) is 26.3. The fourth-order valence-corrected chi connectivity index (χ4v) is 3.70. The summed E-state index contributed by atoms with van der Waals surface area (Å²) in [4.78, 5) is 50.5. The largest absolute Gasteiger partial charge is 0.368 e. The molecule has 4 heterocycles. The Kier molecular flexibility index (Phi) is 12.8. The normalized spacial score (nSPS) is 10.6. The van der Waals surface area contributed by atoms with Crippen LogP contribution in [0.4, 0.5) is 59.5 Å². The van der Waals surface area contributed by atoms with Gasteiger partial charge in [0.15, 0.2) is 0 Å². The van der Waals surface area contributed by atoms with E-state index in [0.29, 0.717) is 112 Å². The fourth-order valence-electron chi connectivity index (χ4n) is 3.58. The van der Waals surface area contributed by atoms with Gasteiger partial charge in [0.1, 0.15) is 12.2 Å². The van der Waals surface area contributed by atoms with Gasteiger partial charge in [-0.2, -0.15) is 62.5 Å². The molecule has 0 saturated carbocycles. The van der Waals surface area contributed by atoms with Crippen molar-refractivity contribution in [3.8, 4) is 0 Å². The second-order valence-corrected chi connectivity index (χ2v) is 9.53. The van der Waals surface area contributed by atoms with Crippen LogP contribution in [0.15, 0.2) is 6.33 Å². The number of nitrogens with one attached hydrogen (secondary N) is 8. The molecule has 22 nitrogen and oxygen atoms in total. The van der Waals surface area contributed by atoms with Gasteiger partial charge < -0.3 is 54.0 Å². The average molecular weight is 655 g/mol. The highest BCUT2D eigenvalue weighted by Gasteiger charge is 2.08. The molecule has 4 aromatic rings. The molecule has 246 valence electrons. The molecule has 0 aliphatic heterocycles. The van der Waals surface area contributed by atoms with Crippen molar-refractivity contribution < 1.29 is 0 Å². The van der Waals surface area contributed by atoms with Crippen molar-refractivity contribution in [3.05, 3.63) is 12.2 Å². The van der Waals surface area contributed by atoms with Crippen molar-refractivity contribution in [1.82, 2.24) is 59.8 Å². The van der Waals surface area contributed by atoms with Gasteiger partial charge in [0, 0.05) is 58.1 Å². The first-order valence-electron chi connectivity index (χ1n) is 14.4. The number of hydrogen-bond donors (Lipinski definition) is 11. The maximum absolute atomic E-state index is 5.86. The fraction of sp³-hybridized carbons (Fsp3) is 0.478. The van der Waals surface area contributed by atoms with Crippen LogP contribution < -0.4 is 54.0 Å². The zero-order chi connectivity index (χ0) is 32.6. The summed E-state index contributed by atoms with van der Waals surface area (Å²) in [5, 5.41) is 24.9. The van der Waals surface area contributed by atoms with Crippen molar-refractivity contribution in [2.75, 3.05) is 112 Å². The lowest BCUT2D eigenvalue weighted by Crippen LogP contribution is -2.20. The second kappa shape index (κ2) is 17.6. The number of thiol groups is 1. The van der Waals surface area contributed by atoms with Crippen molar-refractivity contribution in [2.45, 2.75) is 13.8 Å². The van der Waals surface area contributed by atoms with E-state index in [4.69, 9.17) is 11.5 Å². The van der Waals surface area contributed by atoms with Crippen LogP contribution in [0.1, 0.15) is 12.7 Å². The van der Waals surface area contributed by atoms with Crippen molar-refractivity contribution in [2.24, 2.45) is 0 Å². The predicted octanol–water partition coefficient (Wildman–Crippen LogP) is -0.755. The van der Waals surface area contributed by atoms with E-state index in [1.54, 1.807) is 6.92 Å². The van der Waals surface area contributed by atoms with Crippen LogP contribution in [0.25, 0.3) is 0 Å². The Morgan fingerprint density at radius 3 is 1.26 bits per heavy atom. The Morgan fingerprint density at radius 2 is 0.826 bits per heavy atom. The van der Waals surface area contributed by atoms with Crippen LogP contribution in [-0.4, -0.2) is 118 Å². The lowest BCUT2D eigenvalue weighted by Gasteiger charge is -2.11. The van der Waals surface area contributed by atoms with Crippen LogP contribution in [0.3, 0.4) is 0 Å². The standard InChI is InChI=1S/C23H38N22S/c1-3-26-18-42-22(45-23(43-18)33-10-11-46)32-7-5-28-17-35-12-34-16(41-17)27-4-6-30-20-39-15(25)40-21(44-20)31-9-8-29-19-37-13(2)36-14(24)38-19/h12,46H,3-11H2,1-2H3,(H3,24,29,36,37,38)(H2,27,28,34,35,41)(H4,25,30,31,39,40,44)(H3,26,32,33,42,43,45). The first-order chi connectivity index (χ1) is 22.4. The molecule has 46 heavy (non-hydrogen) atoms. The number of aryl methyl sites for hydroxylation is 1. The molecule has 0 spiro atoms. The molecule has 0 aliphatic carbocycles. The minimum absolute atomic E-state index is 0.0728. The molecular weight excluding hydrogens is 616 g/mol. The highest BCUT2D eigenvalue weighted by atomic mass is 32.1. The lowest BCUT2D eigenvalue weighted by molar-refractivity contribution is 0.937. The maximum atomic E-state index is 5.86. The predicted molar refractivity (Wildman–Crippen MR) is 180 cm³/mol. The molecule has 0 saturated heterocycles. The summed E-state index contributed by atoms with van der Waals surface area (Å²) in [5.41, 5.74) is 11.5. The molecule has 4 aromatic heterocycles. The Balaban J connectivity index is 1.16. The zero-order valence-electron chi connectivity index (χ0n) is 25.4. The van der Waals surface area contributed by atoms with E-state index < -0.39 is 0 Å². The maximum Gasteiger partial charge on any atom is 0.229 e. The number of nitrogens with two attached hydrogens (primary N) is 2. The first kappa shape index (κ1) is 33.3. The van der Waals surface area contributed by atoms with Crippen LogP contribution >= 0.6 is 12.6 Å². The van der Waals surface area contributed by atoms with Gasteiger partial charge in [-0.05, 0) is 13.8 Å². The molecule has 0 radical (unpaired) electrons. The Bertz CT molecular complexity index is 1500. The van der Waals surface area contributed by atoms with Crippen LogP contribution in [0.2, 0.25) is 0 Å². The van der Waals surface area contributed by atoms with Crippen LogP contribution in [0, 0.1) is 6.92 Å².